The van der Waals surface area contributed by atoms with Crippen LogP contribution in [0.4, 0.5) is 8.78 Å². The molecule has 160 valence electrons. The smallest absolute Gasteiger partial charge is 0.248 e. The van der Waals surface area contributed by atoms with Crippen molar-refractivity contribution in [3.8, 4) is 23.0 Å². The minimum atomic E-state index is -2.57. The number of pyridine rings is 1. The fraction of sp³-hybridized carbons (Fsp3) is 0.455. The van der Waals surface area contributed by atoms with Gasteiger partial charge in [0.2, 0.25) is 5.92 Å². The van der Waals surface area contributed by atoms with Crippen LogP contribution in [0.25, 0.3) is 22.2 Å². The number of fused-ring (bicyclic) bond motifs is 1. The molecule has 4 rings (SSSR count). The molecule has 0 bridgehead atoms. The van der Waals surface area contributed by atoms with Crippen molar-refractivity contribution < 1.29 is 18.4 Å². The molecule has 0 unspecified atom stereocenters. The molecule has 3 aromatic heterocycles. The summed E-state index contributed by atoms with van der Waals surface area (Å²) >= 11 is 0. The second-order valence-electron chi connectivity index (χ2n) is 8.95. The van der Waals surface area contributed by atoms with Gasteiger partial charge < -0.3 is 14.2 Å². The second kappa shape index (κ2) is 7.83. The molecule has 3 heterocycles. The lowest BCUT2D eigenvalue weighted by Crippen LogP contribution is -2.45. The highest BCUT2D eigenvalue weighted by molar-refractivity contribution is 6.38. The van der Waals surface area contributed by atoms with Crippen LogP contribution < -0.4 is 0 Å². The SMILES string of the molecule is BC(B)(C1CCC(F)(F)CC1)n1cc(C#CCO)c2ncc(-c3c(C)noc3C)cc21. The zero-order valence-corrected chi connectivity index (χ0v) is 18.3. The van der Waals surface area contributed by atoms with E-state index < -0.39 is 11.3 Å². The van der Waals surface area contributed by atoms with Gasteiger partial charge >= 0.3 is 0 Å². The number of halogens is 2. The molecule has 1 aliphatic carbocycles. The van der Waals surface area contributed by atoms with Crippen LogP contribution in [0.5, 0.6) is 0 Å². The molecule has 5 nitrogen and oxygen atoms in total. The summed E-state index contributed by atoms with van der Waals surface area (Å²) < 4.78 is 35.0. The minimum absolute atomic E-state index is 0.0833. The van der Waals surface area contributed by atoms with Gasteiger partial charge in [0.05, 0.1) is 16.8 Å². The molecule has 1 aliphatic rings. The van der Waals surface area contributed by atoms with Crippen LogP contribution in [0, 0.1) is 31.6 Å². The van der Waals surface area contributed by atoms with Gasteiger partial charge in [-0.05, 0) is 44.0 Å². The van der Waals surface area contributed by atoms with Crippen LogP contribution in [-0.4, -0.2) is 48.0 Å². The number of hydrogen-bond donors (Lipinski definition) is 1. The number of hydrogen-bond acceptors (Lipinski definition) is 4. The van der Waals surface area contributed by atoms with E-state index in [1.807, 2.05) is 26.1 Å². The van der Waals surface area contributed by atoms with Gasteiger partial charge in [0.1, 0.15) is 33.6 Å². The Labute approximate surface area is 182 Å². The molecular formula is C22H25B2F2N3O2. The van der Waals surface area contributed by atoms with Crippen LogP contribution in [0.2, 0.25) is 0 Å². The first-order valence-electron chi connectivity index (χ1n) is 10.6. The Hall–Kier alpha value is -2.59. The highest BCUT2D eigenvalue weighted by atomic mass is 19.3. The minimum Gasteiger partial charge on any atom is -0.384 e. The average molecular weight is 423 g/mol. The van der Waals surface area contributed by atoms with Crippen molar-refractivity contribution in [3.05, 3.63) is 35.5 Å². The summed E-state index contributed by atoms with van der Waals surface area (Å²) in [6.45, 7) is 3.51. The molecule has 31 heavy (non-hydrogen) atoms. The third kappa shape index (κ3) is 3.89. The maximum atomic E-state index is 13.8. The number of alkyl halides is 2. The standard InChI is InChI=1S/C22H25B2F2N3O2/c1-13-19(14(2)31-28-13)16-10-18-20(27-11-16)15(4-3-9-30)12-29(18)22(23,24)17-5-7-21(25,26)8-6-17/h10-12,17,30H,5-9,23-24H2,1-2H3. The molecule has 1 N–H and O–H groups in total. The molecule has 0 aromatic carbocycles. The van der Waals surface area contributed by atoms with Crippen molar-refractivity contribution in [2.75, 3.05) is 6.61 Å². The van der Waals surface area contributed by atoms with E-state index in [0.717, 1.165) is 27.9 Å². The van der Waals surface area contributed by atoms with Gasteiger partial charge in [0.15, 0.2) is 0 Å². The van der Waals surface area contributed by atoms with Crippen molar-refractivity contribution >= 4 is 26.7 Å². The lowest BCUT2D eigenvalue weighted by Gasteiger charge is -2.41. The van der Waals surface area contributed by atoms with Crippen LogP contribution in [0.3, 0.4) is 0 Å². The largest absolute Gasteiger partial charge is 0.384 e. The summed E-state index contributed by atoms with van der Waals surface area (Å²) in [6, 6.07) is 2.04. The molecule has 0 spiro atoms. The molecule has 1 fully saturated rings. The zero-order chi connectivity index (χ0) is 22.4. The van der Waals surface area contributed by atoms with Gasteiger partial charge in [0, 0.05) is 36.4 Å². The third-order valence-corrected chi connectivity index (χ3v) is 6.60. The Morgan fingerprint density at radius 3 is 2.65 bits per heavy atom. The van der Waals surface area contributed by atoms with Crippen molar-refractivity contribution in [2.45, 2.75) is 50.8 Å². The normalized spacial score (nSPS) is 16.9. The van der Waals surface area contributed by atoms with Gasteiger partial charge in [-0.3, -0.25) is 4.98 Å². The number of aliphatic hydroxyl groups is 1. The predicted octanol–water partition coefficient (Wildman–Crippen LogP) is 2.35. The Kier molecular flexibility index (Phi) is 5.47. The molecule has 9 heteroatoms. The van der Waals surface area contributed by atoms with E-state index in [0.29, 0.717) is 24.2 Å². The molecule has 0 radical (unpaired) electrons. The number of nitrogens with zero attached hydrogens (tertiary/aromatic N) is 3. The zero-order valence-electron chi connectivity index (χ0n) is 18.3. The highest BCUT2D eigenvalue weighted by Crippen LogP contribution is 2.42. The molecule has 1 saturated carbocycles. The molecule has 0 aliphatic heterocycles. The summed E-state index contributed by atoms with van der Waals surface area (Å²) in [5, 5.41) is 12.8. The van der Waals surface area contributed by atoms with E-state index >= 15 is 0 Å². The number of aromatic nitrogens is 3. The molecule has 0 atom stereocenters. The lowest BCUT2D eigenvalue weighted by molar-refractivity contribution is -0.0498. The highest BCUT2D eigenvalue weighted by Gasteiger charge is 2.41. The van der Waals surface area contributed by atoms with E-state index in [9.17, 15) is 8.78 Å². The first kappa shape index (κ1) is 21.6. The fourth-order valence-electron chi connectivity index (χ4n) is 4.78. The Morgan fingerprint density at radius 1 is 1.32 bits per heavy atom. The number of aliphatic hydroxyl groups excluding tert-OH is 1. The van der Waals surface area contributed by atoms with Crippen LogP contribution in [-0.2, 0) is 5.34 Å². The molecule has 0 amide bonds. The van der Waals surface area contributed by atoms with Crippen molar-refractivity contribution in [1.29, 1.82) is 0 Å². The Morgan fingerprint density at radius 2 is 2.03 bits per heavy atom. The van der Waals surface area contributed by atoms with Crippen molar-refractivity contribution in [1.82, 2.24) is 14.7 Å². The molecule has 0 saturated heterocycles. The van der Waals surface area contributed by atoms with Gasteiger partial charge in [-0.15, -0.1) is 0 Å². The number of rotatable bonds is 3. The first-order chi connectivity index (χ1) is 14.6. The summed E-state index contributed by atoms with van der Waals surface area (Å²) in [4.78, 5) is 4.68. The maximum absolute atomic E-state index is 13.8. The third-order valence-electron chi connectivity index (χ3n) is 6.60. The van der Waals surface area contributed by atoms with E-state index in [2.05, 4.69) is 42.2 Å². The van der Waals surface area contributed by atoms with Gasteiger partial charge in [0.25, 0.3) is 0 Å². The van der Waals surface area contributed by atoms with Crippen LogP contribution in [0.1, 0.15) is 42.7 Å². The fourth-order valence-corrected chi connectivity index (χ4v) is 4.78. The predicted molar refractivity (Wildman–Crippen MR) is 121 cm³/mol. The Balaban J connectivity index is 1.86. The van der Waals surface area contributed by atoms with Crippen LogP contribution in [0.15, 0.2) is 23.0 Å². The van der Waals surface area contributed by atoms with Crippen LogP contribution >= 0.6 is 0 Å². The van der Waals surface area contributed by atoms with E-state index in [-0.39, 0.29) is 25.4 Å². The second-order valence-corrected chi connectivity index (χ2v) is 8.95. The Bertz CT molecular complexity index is 1160. The van der Waals surface area contributed by atoms with Gasteiger partial charge in [-0.25, -0.2) is 8.78 Å². The molecule has 3 aromatic rings. The summed E-state index contributed by atoms with van der Waals surface area (Å²) in [7, 11) is 4.18. The maximum Gasteiger partial charge on any atom is 0.248 e. The van der Waals surface area contributed by atoms with E-state index in [1.165, 1.54) is 0 Å². The monoisotopic (exact) mass is 423 g/mol. The van der Waals surface area contributed by atoms with Gasteiger partial charge in [-0.1, -0.05) is 17.0 Å². The van der Waals surface area contributed by atoms with E-state index in [4.69, 9.17) is 9.63 Å². The topological polar surface area (TPSA) is 64.1 Å². The quantitative estimate of drug-likeness (QED) is 0.519. The lowest BCUT2D eigenvalue weighted by atomic mass is 9.52. The average Bonchev–Trinajstić information content (AvgIpc) is 3.25. The van der Waals surface area contributed by atoms with Crippen molar-refractivity contribution in [2.24, 2.45) is 5.92 Å². The summed E-state index contributed by atoms with van der Waals surface area (Å²) in [6.07, 6.45) is 4.48. The summed E-state index contributed by atoms with van der Waals surface area (Å²) in [5.74, 6) is 3.94. The first-order valence-corrected chi connectivity index (χ1v) is 10.6. The molecular weight excluding hydrogens is 398 g/mol. The van der Waals surface area contributed by atoms with E-state index in [1.54, 1.807) is 6.20 Å². The number of aryl methyl sites for hydroxylation is 2. The van der Waals surface area contributed by atoms with Gasteiger partial charge in [-0.2, -0.15) is 0 Å². The summed E-state index contributed by atoms with van der Waals surface area (Å²) in [5.41, 5.74) is 4.89. The van der Waals surface area contributed by atoms with Crippen molar-refractivity contribution in [3.63, 3.8) is 0 Å².